The molecule has 1 aromatic carbocycles. The van der Waals surface area contributed by atoms with Gasteiger partial charge >= 0.3 is 5.97 Å². The van der Waals surface area contributed by atoms with Gasteiger partial charge in [-0.3, -0.25) is 9.59 Å². The Balaban J connectivity index is 2.20. The molecule has 2 heterocycles. The standard InChI is InChI=1S/C24H28FN3O5/c1-13-17(14(2)26-19(13)24(32)33-5)21(29)18-20(15-9-6-7-10-16(15)25)28(23(31)22(18)30)12-8-11-27(3)4/h6-7,9-10,20,26,29H,8,11-12H2,1-5H3/b21-18-. The third-order valence-electron chi connectivity index (χ3n) is 5.81. The zero-order chi connectivity index (χ0) is 24.4. The molecule has 8 nitrogen and oxygen atoms in total. The zero-order valence-electron chi connectivity index (χ0n) is 19.4. The van der Waals surface area contributed by atoms with Gasteiger partial charge in [0, 0.05) is 23.4 Å². The van der Waals surface area contributed by atoms with Gasteiger partial charge in [-0.2, -0.15) is 0 Å². The maximum Gasteiger partial charge on any atom is 0.354 e. The van der Waals surface area contributed by atoms with E-state index in [4.69, 9.17) is 4.74 Å². The summed E-state index contributed by atoms with van der Waals surface area (Å²) in [6, 6.07) is 4.77. The second-order valence-electron chi connectivity index (χ2n) is 8.29. The molecule has 1 amide bonds. The molecule has 1 aliphatic heterocycles. The molecule has 1 fully saturated rings. The Kier molecular flexibility index (Phi) is 7.02. The van der Waals surface area contributed by atoms with Crippen LogP contribution < -0.4 is 0 Å². The molecule has 1 saturated heterocycles. The van der Waals surface area contributed by atoms with Gasteiger partial charge < -0.3 is 24.6 Å². The van der Waals surface area contributed by atoms with Gasteiger partial charge in [-0.15, -0.1) is 0 Å². The first kappa shape index (κ1) is 24.2. The number of rotatable bonds is 7. The average Bonchev–Trinajstić information content (AvgIpc) is 3.20. The van der Waals surface area contributed by atoms with Crippen molar-refractivity contribution in [2.24, 2.45) is 0 Å². The minimum Gasteiger partial charge on any atom is -0.507 e. The number of H-pyrrole nitrogens is 1. The average molecular weight is 458 g/mol. The van der Waals surface area contributed by atoms with Crippen LogP contribution >= 0.6 is 0 Å². The number of nitrogens with zero attached hydrogens (tertiary/aromatic N) is 2. The van der Waals surface area contributed by atoms with E-state index >= 15 is 0 Å². The summed E-state index contributed by atoms with van der Waals surface area (Å²) in [4.78, 5) is 44.2. The van der Waals surface area contributed by atoms with Crippen molar-refractivity contribution in [2.45, 2.75) is 26.3 Å². The highest BCUT2D eigenvalue weighted by atomic mass is 19.1. The molecule has 0 saturated carbocycles. The number of methoxy groups -OCH3 is 1. The SMILES string of the molecule is COC(=O)c1[nH]c(C)c(/C(O)=C2/C(=O)C(=O)N(CCCN(C)C)C2c2ccccc2F)c1C. The normalized spacial score (nSPS) is 17.8. The lowest BCUT2D eigenvalue weighted by molar-refractivity contribution is -0.140. The van der Waals surface area contributed by atoms with Crippen LogP contribution in [-0.4, -0.2) is 71.8 Å². The summed E-state index contributed by atoms with van der Waals surface area (Å²) in [6.07, 6.45) is 0.555. The molecular formula is C24H28FN3O5. The molecule has 0 radical (unpaired) electrons. The Morgan fingerprint density at radius 1 is 1.24 bits per heavy atom. The van der Waals surface area contributed by atoms with E-state index in [0.717, 1.165) is 0 Å². The highest BCUT2D eigenvalue weighted by molar-refractivity contribution is 6.46. The number of hydrogen-bond acceptors (Lipinski definition) is 6. The summed E-state index contributed by atoms with van der Waals surface area (Å²) in [6.45, 7) is 4.08. The van der Waals surface area contributed by atoms with Crippen LogP contribution in [0.1, 0.15) is 45.3 Å². The number of Topliss-reactive ketones (excluding diaryl/α,β-unsaturated/α-hetero) is 1. The number of aryl methyl sites for hydroxylation is 1. The summed E-state index contributed by atoms with van der Waals surface area (Å²) in [7, 11) is 5.01. The molecule has 2 aromatic rings. The molecule has 0 bridgehead atoms. The first-order valence-corrected chi connectivity index (χ1v) is 10.6. The minimum absolute atomic E-state index is 0.113. The molecule has 0 spiro atoms. The fourth-order valence-corrected chi connectivity index (χ4v) is 4.23. The molecule has 33 heavy (non-hydrogen) atoms. The predicted octanol–water partition coefficient (Wildman–Crippen LogP) is 2.93. The van der Waals surface area contributed by atoms with Crippen LogP contribution in [0.4, 0.5) is 4.39 Å². The fourth-order valence-electron chi connectivity index (χ4n) is 4.23. The van der Waals surface area contributed by atoms with Crippen LogP contribution in [0.5, 0.6) is 0 Å². The number of likely N-dealkylation sites (tertiary alicyclic amines) is 1. The molecule has 0 aliphatic carbocycles. The van der Waals surface area contributed by atoms with Crippen molar-refractivity contribution in [2.75, 3.05) is 34.3 Å². The number of aromatic amines is 1. The number of benzene rings is 1. The minimum atomic E-state index is -1.09. The zero-order valence-corrected chi connectivity index (χ0v) is 19.4. The summed E-state index contributed by atoms with van der Waals surface area (Å²) in [5, 5.41) is 11.3. The Hall–Kier alpha value is -3.46. The van der Waals surface area contributed by atoms with E-state index in [-0.39, 0.29) is 28.9 Å². The fraction of sp³-hybridized carbons (Fsp3) is 0.375. The van der Waals surface area contributed by atoms with E-state index in [1.165, 1.54) is 30.2 Å². The molecule has 9 heteroatoms. The number of aliphatic hydroxyl groups is 1. The number of aromatic nitrogens is 1. The number of esters is 1. The Morgan fingerprint density at radius 2 is 1.91 bits per heavy atom. The van der Waals surface area contributed by atoms with Crippen molar-refractivity contribution in [1.29, 1.82) is 0 Å². The third kappa shape index (κ3) is 4.41. The maximum atomic E-state index is 14.8. The van der Waals surface area contributed by atoms with Gasteiger partial charge in [0.1, 0.15) is 17.3 Å². The van der Waals surface area contributed by atoms with Crippen molar-refractivity contribution < 1.29 is 28.6 Å². The number of ketones is 1. The van der Waals surface area contributed by atoms with E-state index in [1.807, 2.05) is 19.0 Å². The second kappa shape index (κ2) is 9.58. The van der Waals surface area contributed by atoms with Crippen LogP contribution in [0.3, 0.4) is 0 Å². The topological polar surface area (TPSA) is 103 Å². The molecule has 3 rings (SSSR count). The number of carbonyl (C=O) groups excluding carboxylic acids is 3. The maximum absolute atomic E-state index is 14.8. The van der Waals surface area contributed by atoms with Crippen molar-refractivity contribution in [1.82, 2.24) is 14.8 Å². The van der Waals surface area contributed by atoms with Crippen LogP contribution in [-0.2, 0) is 14.3 Å². The van der Waals surface area contributed by atoms with E-state index in [9.17, 15) is 23.9 Å². The lowest BCUT2D eigenvalue weighted by Gasteiger charge is -2.26. The van der Waals surface area contributed by atoms with Gasteiger partial charge in [0.25, 0.3) is 11.7 Å². The van der Waals surface area contributed by atoms with Crippen molar-refractivity contribution in [3.05, 3.63) is 63.7 Å². The van der Waals surface area contributed by atoms with Gasteiger partial charge in [-0.1, -0.05) is 18.2 Å². The summed E-state index contributed by atoms with van der Waals surface area (Å²) in [5.41, 5.74) is 1.01. The number of aliphatic hydroxyl groups excluding tert-OH is 1. The highest BCUT2D eigenvalue weighted by Gasteiger charge is 2.47. The van der Waals surface area contributed by atoms with Gasteiger partial charge in [0.15, 0.2) is 0 Å². The summed E-state index contributed by atoms with van der Waals surface area (Å²) in [5.74, 6) is -3.39. The molecule has 2 N–H and O–H groups in total. The molecule has 1 aliphatic rings. The van der Waals surface area contributed by atoms with E-state index < -0.39 is 35.3 Å². The number of amides is 1. The van der Waals surface area contributed by atoms with Crippen molar-refractivity contribution >= 4 is 23.4 Å². The smallest absolute Gasteiger partial charge is 0.354 e. The molecule has 1 atom stereocenters. The Morgan fingerprint density at radius 3 is 2.52 bits per heavy atom. The van der Waals surface area contributed by atoms with Crippen molar-refractivity contribution in [3.8, 4) is 0 Å². The molecule has 1 unspecified atom stereocenters. The summed E-state index contributed by atoms with van der Waals surface area (Å²) < 4.78 is 19.6. The lowest BCUT2D eigenvalue weighted by Crippen LogP contribution is -2.32. The van der Waals surface area contributed by atoms with Crippen LogP contribution in [0.2, 0.25) is 0 Å². The summed E-state index contributed by atoms with van der Waals surface area (Å²) >= 11 is 0. The Bertz CT molecular complexity index is 1140. The third-order valence-corrected chi connectivity index (χ3v) is 5.81. The van der Waals surface area contributed by atoms with Gasteiger partial charge in [0.05, 0.1) is 18.7 Å². The monoisotopic (exact) mass is 457 g/mol. The van der Waals surface area contributed by atoms with Crippen LogP contribution in [0.15, 0.2) is 29.8 Å². The van der Waals surface area contributed by atoms with E-state index in [0.29, 0.717) is 24.2 Å². The van der Waals surface area contributed by atoms with Crippen LogP contribution in [0, 0.1) is 19.7 Å². The van der Waals surface area contributed by atoms with Gasteiger partial charge in [-0.05, 0) is 52.5 Å². The molecular weight excluding hydrogens is 429 g/mol. The van der Waals surface area contributed by atoms with Gasteiger partial charge in [-0.25, -0.2) is 9.18 Å². The highest BCUT2D eigenvalue weighted by Crippen LogP contribution is 2.41. The number of carbonyl (C=O) groups is 3. The molecule has 1 aromatic heterocycles. The number of nitrogens with one attached hydrogen (secondary N) is 1. The van der Waals surface area contributed by atoms with E-state index in [1.54, 1.807) is 19.9 Å². The largest absolute Gasteiger partial charge is 0.507 e. The second-order valence-corrected chi connectivity index (χ2v) is 8.29. The first-order valence-electron chi connectivity index (χ1n) is 10.6. The quantitative estimate of drug-likeness (QED) is 0.287. The number of halogens is 1. The first-order chi connectivity index (χ1) is 15.6. The number of ether oxygens (including phenoxy) is 1. The van der Waals surface area contributed by atoms with Gasteiger partial charge in [0.2, 0.25) is 0 Å². The van der Waals surface area contributed by atoms with E-state index in [2.05, 4.69) is 4.98 Å². The predicted molar refractivity (Wildman–Crippen MR) is 120 cm³/mol. The lowest BCUT2D eigenvalue weighted by atomic mass is 9.93. The van der Waals surface area contributed by atoms with Crippen molar-refractivity contribution in [3.63, 3.8) is 0 Å². The molecule has 176 valence electrons. The van der Waals surface area contributed by atoms with Crippen LogP contribution in [0.25, 0.3) is 5.76 Å². The Labute approximate surface area is 191 Å². The number of hydrogen-bond donors (Lipinski definition) is 2.